The highest BCUT2D eigenvalue weighted by molar-refractivity contribution is 5.82. The number of ether oxygens (including phenoxy) is 1. The lowest BCUT2D eigenvalue weighted by Gasteiger charge is -2.12. The van der Waals surface area contributed by atoms with Crippen LogP contribution in [0.5, 0.6) is 0 Å². The summed E-state index contributed by atoms with van der Waals surface area (Å²) in [6.07, 6.45) is 3.65. The Bertz CT molecular complexity index is 1020. The van der Waals surface area contributed by atoms with E-state index in [4.69, 9.17) is 4.74 Å². The lowest BCUT2D eigenvalue weighted by Crippen LogP contribution is -2.37. The lowest BCUT2D eigenvalue weighted by molar-refractivity contribution is -0.122. The average molecular weight is 367 g/mol. The van der Waals surface area contributed by atoms with Gasteiger partial charge in [-0.15, -0.1) is 0 Å². The van der Waals surface area contributed by atoms with Gasteiger partial charge in [0.2, 0.25) is 5.91 Å². The summed E-state index contributed by atoms with van der Waals surface area (Å²) in [6, 6.07) is 9.42. The molecule has 1 atom stereocenters. The van der Waals surface area contributed by atoms with Crippen molar-refractivity contribution in [3.8, 4) is 5.69 Å². The summed E-state index contributed by atoms with van der Waals surface area (Å²) in [6.45, 7) is 2.86. The third kappa shape index (κ3) is 3.48. The van der Waals surface area contributed by atoms with Crippen LogP contribution in [0.2, 0.25) is 0 Å². The van der Waals surface area contributed by atoms with Gasteiger partial charge in [-0.3, -0.25) is 9.59 Å². The standard InChI is InChI=1S/C19H21N5O3/c1-13-16-11-21-24(14-6-3-2-4-7-14)18(16)19(26)23(22-13)12-17(25)20-10-15-8-5-9-27-15/h2-4,6-7,11,15H,5,8-10,12H2,1H3,(H,20,25)/t15-/m0/s1. The van der Waals surface area contributed by atoms with Crippen molar-refractivity contribution in [2.45, 2.75) is 32.4 Å². The molecule has 0 unspecified atom stereocenters. The van der Waals surface area contributed by atoms with E-state index in [0.29, 0.717) is 23.1 Å². The number of rotatable bonds is 5. The van der Waals surface area contributed by atoms with Gasteiger partial charge in [0.15, 0.2) is 0 Å². The van der Waals surface area contributed by atoms with Gasteiger partial charge in [0.05, 0.1) is 23.7 Å². The number of carbonyl (C=O) groups is 1. The van der Waals surface area contributed by atoms with Gasteiger partial charge in [-0.1, -0.05) is 18.2 Å². The van der Waals surface area contributed by atoms with Crippen LogP contribution in [-0.2, 0) is 16.1 Å². The van der Waals surface area contributed by atoms with Crippen LogP contribution in [0.3, 0.4) is 0 Å². The lowest BCUT2D eigenvalue weighted by atomic mass is 10.2. The van der Waals surface area contributed by atoms with Gasteiger partial charge in [-0.25, -0.2) is 9.36 Å². The van der Waals surface area contributed by atoms with E-state index in [0.717, 1.165) is 25.1 Å². The molecule has 1 aromatic carbocycles. The Labute approximate surface area is 155 Å². The molecule has 1 aliphatic rings. The van der Waals surface area contributed by atoms with Crippen LogP contribution in [0.25, 0.3) is 16.6 Å². The number of aryl methyl sites for hydroxylation is 1. The summed E-state index contributed by atoms with van der Waals surface area (Å²) >= 11 is 0. The van der Waals surface area contributed by atoms with Gasteiger partial charge in [-0.05, 0) is 31.9 Å². The molecule has 1 saturated heterocycles. The molecule has 1 aliphatic heterocycles. The summed E-state index contributed by atoms with van der Waals surface area (Å²) in [5.74, 6) is -0.260. The number of fused-ring (bicyclic) bond motifs is 1. The number of hydrogen-bond acceptors (Lipinski definition) is 5. The SMILES string of the molecule is Cc1nn(CC(=O)NC[C@@H]2CCCO2)c(=O)c2c1cnn2-c1ccccc1. The number of hydrogen-bond donors (Lipinski definition) is 1. The van der Waals surface area contributed by atoms with Crippen LogP contribution in [0.1, 0.15) is 18.5 Å². The molecular weight excluding hydrogens is 346 g/mol. The Morgan fingerprint density at radius 3 is 2.89 bits per heavy atom. The normalized spacial score (nSPS) is 16.7. The molecule has 3 aromatic rings. The molecule has 0 saturated carbocycles. The van der Waals surface area contributed by atoms with Gasteiger partial charge in [0.25, 0.3) is 5.56 Å². The third-order valence-corrected chi connectivity index (χ3v) is 4.71. The van der Waals surface area contributed by atoms with Crippen LogP contribution in [0.4, 0.5) is 0 Å². The molecule has 0 bridgehead atoms. The van der Waals surface area contributed by atoms with Crippen LogP contribution in [-0.4, -0.2) is 44.7 Å². The number of amides is 1. The molecule has 8 nitrogen and oxygen atoms in total. The van der Waals surface area contributed by atoms with Gasteiger partial charge in [0, 0.05) is 18.5 Å². The maximum atomic E-state index is 13.0. The Hall–Kier alpha value is -3.00. The smallest absolute Gasteiger partial charge is 0.293 e. The van der Waals surface area contributed by atoms with Crippen molar-refractivity contribution in [2.24, 2.45) is 0 Å². The van der Waals surface area contributed by atoms with Crippen LogP contribution in [0.15, 0.2) is 41.3 Å². The highest BCUT2D eigenvalue weighted by Gasteiger charge is 2.18. The van der Waals surface area contributed by atoms with Gasteiger partial charge in [0.1, 0.15) is 12.1 Å². The van der Waals surface area contributed by atoms with Crippen LogP contribution >= 0.6 is 0 Å². The van der Waals surface area contributed by atoms with Crippen molar-refractivity contribution in [1.29, 1.82) is 0 Å². The van der Waals surface area contributed by atoms with E-state index in [-0.39, 0.29) is 24.1 Å². The quantitative estimate of drug-likeness (QED) is 0.731. The Morgan fingerprint density at radius 2 is 2.15 bits per heavy atom. The average Bonchev–Trinajstić information content (AvgIpc) is 3.35. The Kier molecular flexibility index (Phi) is 4.72. The predicted molar refractivity (Wildman–Crippen MR) is 99.8 cm³/mol. The Morgan fingerprint density at radius 1 is 1.33 bits per heavy atom. The summed E-state index contributed by atoms with van der Waals surface area (Å²) in [7, 11) is 0. The molecule has 2 aromatic heterocycles. The molecule has 1 fully saturated rings. The molecular formula is C19H21N5O3. The molecule has 0 aliphatic carbocycles. The largest absolute Gasteiger partial charge is 0.376 e. The highest BCUT2D eigenvalue weighted by atomic mass is 16.5. The zero-order valence-electron chi connectivity index (χ0n) is 15.1. The molecule has 140 valence electrons. The topological polar surface area (TPSA) is 91.0 Å². The van der Waals surface area contributed by atoms with E-state index in [1.165, 1.54) is 4.68 Å². The number of nitrogens with zero attached hydrogens (tertiary/aromatic N) is 4. The van der Waals surface area contributed by atoms with Crippen LogP contribution < -0.4 is 10.9 Å². The monoisotopic (exact) mass is 367 g/mol. The van der Waals surface area contributed by atoms with E-state index in [1.54, 1.807) is 17.8 Å². The zero-order chi connectivity index (χ0) is 18.8. The molecule has 1 amide bonds. The molecule has 1 N–H and O–H groups in total. The first kappa shape index (κ1) is 17.4. The minimum absolute atomic E-state index is 0.0577. The molecule has 0 radical (unpaired) electrons. The van der Waals surface area contributed by atoms with Gasteiger partial charge >= 0.3 is 0 Å². The maximum Gasteiger partial charge on any atom is 0.293 e. The van der Waals surface area contributed by atoms with Crippen molar-refractivity contribution in [1.82, 2.24) is 24.9 Å². The third-order valence-electron chi connectivity index (χ3n) is 4.71. The second-order valence-corrected chi connectivity index (χ2v) is 6.64. The van der Waals surface area contributed by atoms with E-state index >= 15 is 0 Å². The number of benzene rings is 1. The second-order valence-electron chi connectivity index (χ2n) is 6.64. The second kappa shape index (κ2) is 7.32. The van der Waals surface area contributed by atoms with Crippen molar-refractivity contribution in [2.75, 3.05) is 13.2 Å². The van der Waals surface area contributed by atoms with E-state index in [2.05, 4.69) is 15.5 Å². The van der Waals surface area contributed by atoms with E-state index in [1.807, 2.05) is 30.3 Å². The van der Waals surface area contributed by atoms with Crippen molar-refractivity contribution < 1.29 is 9.53 Å². The Balaban J connectivity index is 1.62. The van der Waals surface area contributed by atoms with Crippen molar-refractivity contribution in [3.05, 3.63) is 52.6 Å². The molecule has 3 heterocycles. The number of para-hydroxylation sites is 1. The fraction of sp³-hybridized carbons (Fsp3) is 0.368. The van der Waals surface area contributed by atoms with Crippen molar-refractivity contribution in [3.63, 3.8) is 0 Å². The number of carbonyl (C=O) groups excluding carboxylic acids is 1. The summed E-state index contributed by atoms with van der Waals surface area (Å²) in [4.78, 5) is 25.2. The number of nitrogens with one attached hydrogen (secondary N) is 1. The molecule has 27 heavy (non-hydrogen) atoms. The van der Waals surface area contributed by atoms with E-state index in [9.17, 15) is 9.59 Å². The minimum atomic E-state index is -0.343. The summed E-state index contributed by atoms with van der Waals surface area (Å²) in [5.41, 5.74) is 1.51. The van der Waals surface area contributed by atoms with Gasteiger partial charge < -0.3 is 10.1 Å². The molecule has 4 rings (SSSR count). The number of aromatic nitrogens is 4. The first-order chi connectivity index (χ1) is 13.1. The minimum Gasteiger partial charge on any atom is -0.376 e. The first-order valence-electron chi connectivity index (χ1n) is 9.02. The summed E-state index contributed by atoms with van der Waals surface area (Å²) < 4.78 is 8.29. The van der Waals surface area contributed by atoms with Crippen LogP contribution in [0, 0.1) is 6.92 Å². The fourth-order valence-electron chi connectivity index (χ4n) is 3.32. The first-order valence-corrected chi connectivity index (χ1v) is 9.02. The predicted octanol–water partition coefficient (Wildman–Crippen LogP) is 1.19. The molecule has 8 heteroatoms. The summed E-state index contributed by atoms with van der Waals surface area (Å²) in [5, 5.41) is 12.1. The highest BCUT2D eigenvalue weighted by Crippen LogP contribution is 2.16. The van der Waals surface area contributed by atoms with Gasteiger partial charge in [-0.2, -0.15) is 10.2 Å². The zero-order valence-corrected chi connectivity index (χ0v) is 15.1. The van der Waals surface area contributed by atoms with Crippen molar-refractivity contribution >= 4 is 16.8 Å². The fourth-order valence-corrected chi connectivity index (χ4v) is 3.32. The maximum absolute atomic E-state index is 13.0. The molecule has 0 spiro atoms. The van der Waals surface area contributed by atoms with E-state index < -0.39 is 0 Å².